The van der Waals surface area contributed by atoms with E-state index in [-0.39, 0.29) is 18.6 Å². The predicted molar refractivity (Wildman–Crippen MR) is 72.3 cm³/mol. The Hall–Kier alpha value is -2.23. The van der Waals surface area contributed by atoms with E-state index >= 15 is 0 Å². The number of hydrogen-bond acceptors (Lipinski definition) is 3. The third kappa shape index (κ3) is 2.96. The van der Waals surface area contributed by atoms with Gasteiger partial charge in [-0.05, 0) is 31.0 Å². The van der Waals surface area contributed by atoms with Crippen LogP contribution in [0.2, 0.25) is 0 Å². The number of hydrogen-bond donors (Lipinski definition) is 1. The lowest BCUT2D eigenvalue weighted by Crippen LogP contribution is -2.03. The van der Waals surface area contributed by atoms with E-state index < -0.39 is 5.97 Å². The van der Waals surface area contributed by atoms with E-state index in [2.05, 4.69) is 4.98 Å². The SMILES string of the molecule is Cc1cccc2nccc(C(=O)CCCC(=O)O)c12. The Labute approximate surface area is 111 Å². The molecule has 1 N–H and O–H groups in total. The van der Waals surface area contributed by atoms with E-state index in [9.17, 15) is 9.59 Å². The zero-order valence-corrected chi connectivity index (χ0v) is 10.7. The van der Waals surface area contributed by atoms with Crippen molar-refractivity contribution in [3.05, 3.63) is 41.6 Å². The fourth-order valence-corrected chi connectivity index (χ4v) is 2.15. The lowest BCUT2D eigenvalue weighted by atomic mass is 9.98. The van der Waals surface area contributed by atoms with Gasteiger partial charge >= 0.3 is 5.97 Å². The van der Waals surface area contributed by atoms with Gasteiger partial charge in [-0.2, -0.15) is 0 Å². The number of carbonyl (C=O) groups excluding carboxylic acids is 1. The maximum atomic E-state index is 12.2. The van der Waals surface area contributed by atoms with Gasteiger partial charge in [0.25, 0.3) is 0 Å². The van der Waals surface area contributed by atoms with Crippen LogP contribution in [0.5, 0.6) is 0 Å². The Morgan fingerprint density at radius 3 is 2.74 bits per heavy atom. The molecule has 0 aliphatic rings. The topological polar surface area (TPSA) is 67.3 Å². The van der Waals surface area contributed by atoms with Crippen molar-refractivity contribution in [2.75, 3.05) is 0 Å². The highest BCUT2D eigenvalue weighted by Gasteiger charge is 2.12. The summed E-state index contributed by atoms with van der Waals surface area (Å²) in [5.41, 5.74) is 2.43. The molecule has 0 unspecified atom stereocenters. The van der Waals surface area contributed by atoms with E-state index in [1.807, 2.05) is 25.1 Å². The van der Waals surface area contributed by atoms with E-state index in [0.717, 1.165) is 16.5 Å². The van der Waals surface area contributed by atoms with Gasteiger partial charge in [-0.1, -0.05) is 12.1 Å². The molecule has 0 aliphatic carbocycles. The highest BCUT2D eigenvalue weighted by molar-refractivity contribution is 6.08. The second-order valence-corrected chi connectivity index (χ2v) is 4.50. The fourth-order valence-electron chi connectivity index (χ4n) is 2.15. The number of aromatic nitrogens is 1. The van der Waals surface area contributed by atoms with Crippen molar-refractivity contribution in [2.24, 2.45) is 0 Å². The number of fused-ring (bicyclic) bond motifs is 1. The minimum absolute atomic E-state index is 0.0216. The average Bonchev–Trinajstić information content (AvgIpc) is 2.38. The molecule has 4 heteroatoms. The molecule has 1 aromatic heterocycles. The third-order valence-electron chi connectivity index (χ3n) is 3.07. The normalized spacial score (nSPS) is 10.6. The van der Waals surface area contributed by atoms with Gasteiger partial charge in [-0.25, -0.2) is 0 Å². The van der Waals surface area contributed by atoms with Crippen LogP contribution in [0.25, 0.3) is 10.9 Å². The number of carboxylic acids is 1. The van der Waals surface area contributed by atoms with Gasteiger partial charge in [0, 0.05) is 30.0 Å². The smallest absolute Gasteiger partial charge is 0.303 e. The monoisotopic (exact) mass is 257 g/mol. The zero-order valence-electron chi connectivity index (χ0n) is 10.7. The number of benzene rings is 1. The van der Waals surface area contributed by atoms with Gasteiger partial charge in [0.05, 0.1) is 5.52 Å². The number of ketones is 1. The second-order valence-electron chi connectivity index (χ2n) is 4.50. The van der Waals surface area contributed by atoms with Crippen molar-refractivity contribution in [3.8, 4) is 0 Å². The molecule has 1 aromatic carbocycles. The Morgan fingerprint density at radius 2 is 2.00 bits per heavy atom. The van der Waals surface area contributed by atoms with Crippen LogP contribution >= 0.6 is 0 Å². The Morgan fingerprint density at radius 1 is 1.21 bits per heavy atom. The van der Waals surface area contributed by atoms with Crippen molar-refractivity contribution in [2.45, 2.75) is 26.2 Å². The highest BCUT2D eigenvalue weighted by atomic mass is 16.4. The molecule has 0 saturated heterocycles. The third-order valence-corrected chi connectivity index (χ3v) is 3.07. The van der Waals surface area contributed by atoms with Gasteiger partial charge in [0.2, 0.25) is 0 Å². The Bertz CT molecular complexity index is 629. The zero-order chi connectivity index (χ0) is 13.8. The standard InChI is InChI=1S/C15H15NO3/c1-10-4-2-5-12-15(10)11(8-9-16-12)13(17)6-3-7-14(18)19/h2,4-5,8-9H,3,6-7H2,1H3,(H,18,19). The van der Waals surface area contributed by atoms with Crippen LogP contribution in [0.4, 0.5) is 0 Å². The number of aliphatic carboxylic acids is 1. The first-order valence-electron chi connectivity index (χ1n) is 6.19. The van der Waals surface area contributed by atoms with Crippen LogP contribution in [-0.4, -0.2) is 21.8 Å². The van der Waals surface area contributed by atoms with Crippen LogP contribution in [0.3, 0.4) is 0 Å². The maximum absolute atomic E-state index is 12.2. The van der Waals surface area contributed by atoms with Gasteiger partial charge in [0.1, 0.15) is 0 Å². The van der Waals surface area contributed by atoms with Crippen molar-refractivity contribution in [1.29, 1.82) is 0 Å². The van der Waals surface area contributed by atoms with Crippen LogP contribution in [0.15, 0.2) is 30.5 Å². The molecule has 0 aliphatic heterocycles. The van der Waals surface area contributed by atoms with Gasteiger partial charge in [-0.15, -0.1) is 0 Å². The van der Waals surface area contributed by atoms with Gasteiger partial charge in [0.15, 0.2) is 5.78 Å². The van der Waals surface area contributed by atoms with Crippen molar-refractivity contribution >= 4 is 22.7 Å². The molecule has 0 radical (unpaired) electrons. The van der Waals surface area contributed by atoms with Crippen molar-refractivity contribution in [1.82, 2.24) is 4.98 Å². The molecular weight excluding hydrogens is 242 g/mol. The summed E-state index contributed by atoms with van der Waals surface area (Å²) in [5, 5.41) is 9.46. The second kappa shape index (κ2) is 5.61. The van der Waals surface area contributed by atoms with Crippen molar-refractivity contribution in [3.63, 3.8) is 0 Å². The summed E-state index contributed by atoms with van der Waals surface area (Å²) in [6.07, 6.45) is 2.25. The number of pyridine rings is 1. The van der Waals surface area contributed by atoms with Crippen LogP contribution < -0.4 is 0 Å². The molecule has 98 valence electrons. The molecule has 0 bridgehead atoms. The molecule has 0 spiro atoms. The summed E-state index contributed by atoms with van der Waals surface area (Å²) in [6, 6.07) is 7.43. The summed E-state index contributed by atoms with van der Waals surface area (Å²) in [6.45, 7) is 1.94. The first-order valence-corrected chi connectivity index (χ1v) is 6.19. The number of aryl methyl sites for hydroxylation is 1. The van der Waals surface area contributed by atoms with Crippen LogP contribution in [-0.2, 0) is 4.79 Å². The van der Waals surface area contributed by atoms with Crippen LogP contribution in [0, 0.1) is 6.92 Å². The molecule has 0 fully saturated rings. The molecule has 1 heterocycles. The first kappa shape index (κ1) is 13.2. The molecule has 0 atom stereocenters. The van der Waals surface area contributed by atoms with Crippen LogP contribution in [0.1, 0.15) is 35.2 Å². The molecule has 0 amide bonds. The predicted octanol–water partition coefficient (Wildman–Crippen LogP) is 2.98. The fraction of sp³-hybridized carbons (Fsp3) is 0.267. The van der Waals surface area contributed by atoms with Gasteiger partial charge < -0.3 is 5.11 Å². The summed E-state index contributed by atoms with van der Waals surface area (Å²) < 4.78 is 0. The molecule has 4 nitrogen and oxygen atoms in total. The van der Waals surface area contributed by atoms with E-state index in [0.29, 0.717) is 12.0 Å². The molecular formula is C15H15NO3. The minimum Gasteiger partial charge on any atom is -0.481 e. The number of Topliss-reactive ketones (excluding diaryl/α,β-unsaturated/α-hetero) is 1. The summed E-state index contributed by atoms with van der Waals surface area (Å²) in [4.78, 5) is 26.9. The average molecular weight is 257 g/mol. The molecule has 2 aromatic rings. The van der Waals surface area contributed by atoms with Crippen molar-refractivity contribution < 1.29 is 14.7 Å². The van der Waals surface area contributed by atoms with Gasteiger partial charge in [-0.3, -0.25) is 14.6 Å². The largest absolute Gasteiger partial charge is 0.481 e. The minimum atomic E-state index is -0.872. The quantitative estimate of drug-likeness (QED) is 0.836. The molecule has 19 heavy (non-hydrogen) atoms. The Balaban J connectivity index is 2.29. The lowest BCUT2D eigenvalue weighted by Gasteiger charge is -2.07. The summed E-state index contributed by atoms with van der Waals surface area (Å²) >= 11 is 0. The number of carboxylic acid groups (broad SMARTS) is 1. The first-order chi connectivity index (χ1) is 9.09. The molecule has 2 rings (SSSR count). The van der Waals surface area contributed by atoms with E-state index in [4.69, 9.17) is 5.11 Å². The van der Waals surface area contributed by atoms with E-state index in [1.165, 1.54) is 0 Å². The highest BCUT2D eigenvalue weighted by Crippen LogP contribution is 2.22. The number of nitrogens with zero attached hydrogens (tertiary/aromatic N) is 1. The summed E-state index contributed by atoms with van der Waals surface area (Å²) in [5.74, 6) is -0.897. The maximum Gasteiger partial charge on any atom is 0.303 e. The number of carbonyl (C=O) groups is 2. The lowest BCUT2D eigenvalue weighted by molar-refractivity contribution is -0.137. The van der Waals surface area contributed by atoms with E-state index in [1.54, 1.807) is 12.3 Å². The molecule has 0 saturated carbocycles. The Kier molecular flexibility index (Phi) is 3.90. The number of rotatable bonds is 5. The summed E-state index contributed by atoms with van der Waals surface area (Å²) in [7, 11) is 0.